The number of nitrogens with zero attached hydrogens (tertiary/aromatic N) is 2. The molecule has 2 aromatic carbocycles. The zero-order valence-electron chi connectivity index (χ0n) is 21.1. The van der Waals surface area contributed by atoms with Crippen LogP contribution >= 0.6 is 0 Å². The van der Waals surface area contributed by atoms with E-state index in [0.717, 1.165) is 17.8 Å². The summed E-state index contributed by atoms with van der Waals surface area (Å²) < 4.78 is 33.2. The number of rotatable bonds is 9. The smallest absolute Gasteiger partial charge is 0.215 e. The van der Waals surface area contributed by atoms with Gasteiger partial charge in [0.05, 0.1) is 28.0 Å². The Bertz CT molecular complexity index is 1160. The van der Waals surface area contributed by atoms with Crippen LogP contribution < -0.4 is 10.6 Å². The van der Waals surface area contributed by atoms with Crippen LogP contribution in [0.1, 0.15) is 37.5 Å². The second-order valence-electron chi connectivity index (χ2n) is 8.72. The van der Waals surface area contributed by atoms with E-state index in [1.807, 2.05) is 50.2 Å². The Labute approximate surface area is 209 Å². The maximum Gasteiger partial charge on any atom is 0.215 e. The number of likely N-dealkylation sites (N-methyl/N-ethyl adjacent to an activating group) is 2. The summed E-state index contributed by atoms with van der Waals surface area (Å²) in [6, 6.07) is 12.4. The Morgan fingerprint density at radius 1 is 1.23 bits per heavy atom. The molecule has 2 atom stereocenters. The van der Waals surface area contributed by atoms with Crippen LogP contribution in [0.15, 0.2) is 63.7 Å². The monoisotopic (exact) mass is 499 g/mol. The molecule has 0 amide bonds. The number of nitrogens with one attached hydrogen (secondary N) is 3. The number of benzene rings is 2. The first-order chi connectivity index (χ1) is 16.7. The Morgan fingerprint density at radius 2 is 1.91 bits per heavy atom. The van der Waals surface area contributed by atoms with Crippen molar-refractivity contribution in [3.8, 4) is 0 Å². The second-order valence-corrected chi connectivity index (χ2v) is 10.7. The SMILES string of the molecule is CNCc1ccc(C(=N)OC(NC)C2=C(C)N(C)CC(c3ccc(S(=O)C(C)C)c(F)c3)=N2)cc1. The summed E-state index contributed by atoms with van der Waals surface area (Å²) in [5.74, 6) is -0.477. The maximum atomic E-state index is 14.8. The molecule has 0 aromatic heterocycles. The summed E-state index contributed by atoms with van der Waals surface area (Å²) in [5.41, 5.74) is 4.57. The zero-order chi connectivity index (χ0) is 25.7. The van der Waals surface area contributed by atoms with Crippen molar-refractivity contribution in [2.45, 2.75) is 43.7 Å². The van der Waals surface area contributed by atoms with Gasteiger partial charge in [0.25, 0.3) is 0 Å². The van der Waals surface area contributed by atoms with E-state index in [1.54, 1.807) is 33.0 Å². The summed E-state index contributed by atoms with van der Waals surface area (Å²) in [4.78, 5) is 7.02. The van der Waals surface area contributed by atoms with E-state index >= 15 is 0 Å². The lowest BCUT2D eigenvalue weighted by Gasteiger charge is -2.31. The van der Waals surface area contributed by atoms with Gasteiger partial charge in [-0.1, -0.05) is 32.0 Å². The molecule has 3 rings (SSSR count). The molecule has 1 aliphatic rings. The number of aliphatic imine (C=N–C) groups is 1. The van der Waals surface area contributed by atoms with E-state index in [1.165, 1.54) is 6.07 Å². The summed E-state index contributed by atoms with van der Waals surface area (Å²) in [5, 5.41) is 14.5. The van der Waals surface area contributed by atoms with Gasteiger partial charge < -0.3 is 15.0 Å². The second kappa shape index (κ2) is 11.7. The molecule has 35 heavy (non-hydrogen) atoms. The van der Waals surface area contributed by atoms with Gasteiger partial charge in [-0.05, 0) is 50.8 Å². The average Bonchev–Trinajstić information content (AvgIpc) is 2.84. The van der Waals surface area contributed by atoms with E-state index < -0.39 is 22.8 Å². The largest absolute Gasteiger partial charge is 0.452 e. The van der Waals surface area contributed by atoms with E-state index in [9.17, 15) is 8.60 Å². The lowest BCUT2D eigenvalue weighted by atomic mass is 10.1. The summed E-state index contributed by atoms with van der Waals surface area (Å²) >= 11 is 0. The number of hydrogen-bond donors (Lipinski definition) is 3. The van der Waals surface area contributed by atoms with Crippen molar-refractivity contribution in [3.63, 3.8) is 0 Å². The number of halogens is 1. The summed E-state index contributed by atoms with van der Waals surface area (Å²) in [6.07, 6.45) is -0.671. The minimum atomic E-state index is -1.41. The highest BCUT2D eigenvalue weighted by atomic mass is 32.2. The van der Waals surface area contributed by atoms with Crippen LogP contribution in [0, 0.1) is 11.2 Å². The van der Waals surface area contributed by atoms with Gasteiger partial charge in [-0.3, -0.25) is 14.9 Å². The van der Waals surface area contributed by atoms with Gasteiger partial charge in [0.2, 0.25) is 5.90 Å². The molecule has 0 spiro atoms. The molecule has 7 nitrogen and oxygen atoms in total. The maximum absolute atomic E-state index is 14.8. The first-order valence-electron chi connectivity index (χ1n) is 11.5. The third-order valence-electron chi connectivity index (χ3n) is 5.84. The molecular weight excluding hydrogens is 465 g/mol. The topological polar surface area (TPSA) is 89.8 Å². The van der Waals surface area contributed by atoms with Crippen molar-refractivity contribution in [1.82, 2.24) is 15.5 Å². The molecule has 0 saturated carbocycles. The van der Waals surface area contributed by atoms with Crippen LogP contribution in [0.3, 0.4) is 0 Å². The lowest BCUT2D eigenvalue weighted by Crippen LogP contribution is -2.38. The fourth-order valence-electron chi connectivity index (χ4n) is 3.72. The van der Waals surface area contributed by atoms with Crippen LogP contribution in [0.4, 0.5) is 4.39 Å². The van der Waals surface area contributed by atoms with Crippen LogP contribution in [0.2, 0.25) is 0 Å². The molecule has 9 heteroatoms. The Hall–Kier alpha value is -2.88. The van der Waals surface area contributed by atoms with Crippen molar-refractivity contribution in [2.75, 3.05) is 27.7 Å². The first kappa shape index (κ1) is 26.7. The molecule has 2 aromatic rings. The van der Waals surface area contributed by atoms with Crippen molar-refractivity contribution >= 4 is 22.4 Å². The Kier molecular flexibility index (Phi) is 8.93. The van der Waals surface area contributed by atoms with Gasteiger partial charge in [0, 0.05) is 35.7 Å². The molecule has 188 valence electrons. The van der Waals surface area contributed by atoms with Crippen LogP contribution in [0.25, 0.3) is 0 Å². The standard InChI is InChI=1S/C26H34FN5O2S/c1-16(2)35(33)23-12-11-20(13-21(23)27)22-15-32(6)17(3)24(31-22)26(30-5)34-25(28)19-9-7-18(8-10-19)14-29-4/h7-13,16,26,28-30H,14-15H2,1-6H3. The van der Waals surface area contributed by atoms with Crippen LogP contribution in [0.5, 0.6) is 0 Å². The average molecular weight is 500 g/mol. The third-order valence-corrected chi connectivity index (χ3v) is 7.46. The predicted molar refractivity (Wildman–Crippen MR) is 140 cm³/mol. The molecule has 0 aliphatic carbocycles. The highest BCUT2D eigenvalue weighted by Crippen LogP contribution is 2.25. The molecule has 3 N–H and O–H groups in total. The number of ether oxygens (including phenoxy) is 1. The van der Waals surface area contributed by atoms with Gasteiger partial charge in [-0.2, -0.15) is 0 Å². The third kappa shape index (κ3) is 6.22. The Balaban J connectivity index is 1.87. The molecule has 0 saturated heterocycles. The minimum Gasteiger partial charge on any atom is -0.452 e. The van der Waals surface area contributed by atoms with E-state index in [2.05, 4.69) is 10.6 Å². The molecule has 0 fully saturated rings. The molecular formula is C26H34FN5O2S. The fourth-order valence-corrected chi connectivity index (χ4v) is 4.68. The lowest BCUT2D eigenvalue weighted by molar-refractivity contribution is 0.188. The zero-order valence-corrected chi connectivity index (χ0v) is 21.9. The van der Waals surface area contributed by atoms with E-state index in [0.29, 0.717) is 29.1 Å². The quantitative estimate of drug-likeness (QED) is 0.279. The predicted octanol–water partition coefficient (Wildman–Crippen LogP) is 3.61. The van der Waals surface area contributed by atoms with Crippen molar-refractivity contribution in [1.29, 1.82) is 5.41 Å². The van der Waals surface area contributed by atoms with E-state index in [4.69, 9.17) is 15.1 Å². The molecule has 2 unspecified atom stereocenters. The number of hydrogen-bond acceptors (Lipinski definition) is 7. The van der Waals surface area contributed by atoms with Crippen molar-refractivity contribution in [2.24, 2.45) is 4.99 Å². The summed E-state index contributed by atoms with van der Waals surface area (Å²) in [7, 11) is 4.15. The van der Waals surface area contributed by atoms with Gasteiger partial charge >= 0.3 is 0 Å². The van der Waals surface area contributed by atoms with Crippen molar-refractivity contribution < 1.29 is 13.3 Å². The Morgan fingerprint density at radius 3 is 2.49 bits per heavy atom. The van der Waals surface area contributed by atoms with Gasteiger partial charge in [0.1, 0.15) is 11.5 Å². The minimum absolute atomic E-state index is 0.0252. The van der Waals surface area contributed by atoms with Gasteiger partial charge in [-0.25, -0.2) is 9.38 Å². The van der Waals surface area contributed by atoms with Crippen LogP contribution in [-0.4, -0.2) is 59.9 Å². The van der Waals surface area contributed by atoms with Gasteiger partial charge in [0.15, 0.2) is 6.23 Å². The normalized spacial score (nSPS) is 15.8. The molecule has 0 radical (unpaired) electrons. The number of allylic oxidation sites excluding steroid dienone is 1. The summed E-state index contributed by atoms with van der Waals surface area (Å²) in [6.45, 7) is 6.78. The molecule has 0 bridgehead atoms. The molecule has 1 heterocycles. The van der Waals surface area contributed by atoms with Gasteiger partial charge in [-0.15, -0.1) is 0 Å². The highest BCUT2D eigenvalue weighted by molar-refractivity contribution is 7.85. The highest BCUT2D eigenvalue weighted by Gasteiger charge is 2.26. The van der Waals surface area contributed by atoms with Crippen molar-refractivity contribution in [3.05, 3.63) is 76.4 Å². The van der Waals surface area contributed by atoms with Crippen LogP contribution in [-0.2, 0) is 22.1 Å². The van der Waals surface area contributed by atoms with E-state index in [-0.39, 0.29) is 16.0 Å². The first-order valence-corrected chi connectivity index (χ1v) is 12.7. The molecule has 1 aliphatic heterocycles. The fraction of sp³-hybridized carbons (Fsp3) is 0.385.